The number of carbonyl (C=O) groups excluding carboxylic acids is 1. The van der Waals surface area contributed by atoms with E-state index in [1.165, 1.54) is 0 Å². The lowest BCUT2D eigenvalue weighted by Crippen LogP contribution is -2.33. The number of carbonyl (C=O) groups is 1. The fraction of sp³-hybridized carbons (Fsp3) is 0.417. The third-order valence-electron chi connectivity index (χ3n) is 2.73. The number of likely N-dealkylation sites (tertiary alicyclic amines) is 1. The number of amides is 1. The highest BCUT2D eigenvalue weighted by Gasteiger charge is 2.20. The fourth-order valence-corrected chi connectivity index (χ4v) is 1.93. The number of hydrogen-bond acceptors (Lipinski definition) is 3. The highest BCUT2D eigenvalue weighted by atomic mass is 16.2. The topological polar surface area (TPSA) is 58.4 Å². The molecule has 3 N–H and O–H groups in total. The Morgan fingerprint density at radius 3 is 2.81 bits per heavy atom. The molecular weight excluding hydrogens is 202 g/mol. The first-order chi connectivity index (χ1) is 7.74. The van der Waals surface area contributed by atoms with Crippen LogP contribution in [0.15, 0.2) is 30.3 Å². The van der Waals surface area contributed by atoms with Crippen molar-refractivity contribution in [2.24, 2.45) is 5.73 Å². The van der Waals surface area contributed by atoms with Crippen LogP contribution in [0.4, 0.5) is 5.69 Å². The summed E-state index contributed by atoms with van der Waals surface area (Å²) >= 11 is 0. The van der Waals surface area contributed by atoms with Crippen molar-refractivity contribution >= 4 is 11.6 Å². The van der Waals surface area contributed by atoms with Crippen molar-refractivity contribution in [1.82, 2.24) is 4.90 Å². The number of nitrogens with one attached hydrogen (secondary N) is 1. The van der Waals surface area contributed by atoms with Crippen LogP contribution in [0, 0.1) is 0 Å². The summed E-state index contributed by atoms with van der Waals surface area (Å²) in [5.74, 6) is 0.0281. The van der Waals surface area contributed by atoms with Crippen molar-refractivity contribution in [3.8, 4) is 0 Å². The lowest BCUT2D eigenvalue weighted by Gasteiger charge is -2.14. The van der Waals surface area contributed by atoms with Crippen molar-refractivity contribution in [2.75, 3.05) is 25.0 Å². The Morgan fingerprint density at radius 1 is 1.44 bits per heavy atom. The quantitative estimate of drug-likeness (QED) is 0.785. The normalized spacial score (nSPS) is 20.9. The molecule has 0 spiro atoms. The molecule has 1 heterocycles. The van der Waals surface area contributed by atoms with Crippen LogP contribution in [0.1, 0.15) is 6.42 Å². The maximum absolute atomic E-state index is 11.7. The molecule has 0 radical (unpaired) electrons. The van der Waals surface area contributed by atoms with Crippen LogP contribution in [-0.2, 0) is 4.79 Å². The average molecular weight is 219 g/mol. The average Bonchev–Trinajstić information content (AvgIpc) is 2.65. The smallest absolute Gasteiger partial charge is 0.238 e. The molecule has 1 aromatic rings. The van der Waals surface area contributed by atoms with Gasteiger partial charge in [0, 0.05) is 24.8 Å². The second kappa shape index (κ2) is 5.09. The van der Waals surface area contributed by atoms with E-state index in [1.54, 1.807) is 0 Å². The van der Waals surface area contributed by atoms with Gasteiger partial charge in [0.25, 0.3) is 0 Å². The molecule has 0 saturated carbocycles. The number of hydrogen-bond donors (Lipinski definition) is 2. The van der Waals surface area contributed by atoms with Gasteiger partial charge in [0.15, 0.2) is 0 Å². The van der Waals surface area contributed by atoms with Crippen molar-refractivity contribution in [2.45, 2.75) is 12.5 Å². The second-order valence-electron chi connectivity index (χ2n) is 4.20. The number of benzene rings is 1. The second-order valence-corrected chi connectivity index (χ2v) is 4.20. The van der Waals surface area contributed by atoms with Crippen molar-refractivity contribution in [1.29, 1.82) is 0 Å². The lowest BCUT2D eigenvalue weighted by molar-refractivity contribution is -0.117. The summed E-state index contributed by atoms with van der Waals surface area (Å²) < 4.78 is 0. The molecule has 0 aromatic heterocycles. The summed E-state index contributed by atoms with van der Waals surface area (Å²) in [5, 5.41) is 2.86. The fourth-order valence-electron chi connectivity index (χ4n) is 1.93. The van der Waals surface area contributed by atoms with E-state index in [0.717, 1.165) is 25.2 Å². The van der Waals surface area contributed by atoms with Crippen LogP contribution in [0.5, 0.6) is 0 Å². The molecule has 0 aliphatic carbocycles. The van der Waals surface area contributed by atoms with E-state index >= 15 is 0 Å². The van der Waals surface area contributed by atoms with Gasteiger partial charge in [-0.1, -0.05) is 18.2 Å². The first-order valence-electron chi connectivity index (χ1n) is 5.57. The highest BCUT2D eigenvalue weighted by molar-refractivity contribution is 5.92. The van der Waals surface area contributed by atoms with E-state index in [2.05, 4.69) is 10.2 Å². The summed E-state index contributed by atoms with van der Waals surface area (Å²) in [5.41, 5.74) is 6.62. The van der Waals surface area contributed by atoms with Crippen LogP contribution in [-0.4, -0.2) is 36.5 Å². The zero-order chi connectivity index (χ0) is 11.4. The summed E-state index contributed by atoms with van der Waals surface area (Å²) in [6.45, 7) is 2.17. The first kappa shape index (κ1) is 11.1. The number of rotatable bonds is 3. The third kappa shape index (κ3) is 3.05. The van der Waals surface area contributed by atoms with Gasteiger partial charge in [0.2, 0.25) is 5.91 Å². The number of anilines is 1. The molecule has 1 aliphatic heterocycles. The van der Waals surface area contributed by atoms with Gasteiger partial charge in [0.05, 0.1) is 6.54 Å². The van der Waals surface area contributed by atoms with Gasteiger partial charge in [-0.2, -0.15) is 0 Å². The molecule has 4 nitrogen and oxygen atoms in total. The van der Waals surface area contributed by atoms with E-state index in [0.29, 0.717) is 6.54 Å². The predicted octanol–water partition coefficient (Wildman–Crippen LogP) is 0.658. The summed E-state index contributed by atoms with van der Waals surface area (Å²) in [6.07, 6.45) is 0.985. The Hall–Kier alpha value is -1.39. The van der Waals surface area contributed by atoms with Crippen molar-refractivity contribution in [3.63, 3.8) is 0 Å². The number of para-hydroxylation sites is 1. The number of nitrogens with two attached hydrogens (primary N) is 1. The maximum Gasteiger partial charge on any atom is 0.238 e. The third-order valence-corrected chi connectivity index (χ3v) is 2.73. The molecule has 1 amide bonds. The van der Waals surface area contributed by atoms with Crippen LogP contribution in [0.3, 0.4) is 0 Å². The van der Waals surface area contributed by atoms with E-state index in [-0.39, 0.29) is 11.9 Å². The van der Waals surface area contributed by atoms with Crippen LogP contribution in [0.25, 0.3) is 0 Å². The van der Waals surface area contributed by atoms with Crippen LogP contribution < -0.4 is 11.1 Å². The molecular formula is C12H17N3O. The van der Waals surface area contributed by atoms with Crippen molar-refractivity contribution in [3.05, 3.63) is 30.3 Å². The van der Waals surface area contributed by atoms with E-state index < -0.39 is 0 Å². The minimum atomic E-state index is 0.0281. The Morgan fingerprint density at radius 2 is 2.19 bits per heavy atom. The molecule has 1 saturated heterocycles. The zero-order valence-corrected chi connectivity index (χ0v) is 9.23. The standard InChI is InChI=1S/C12H17N3O/c13-10-6-7-15(8-10)9-12(16)14-11-4-2-1-3-5-11/h1-5,10H,6-9,13H2,(H,14,16). The Balaban J connectivity index is 1.81. The molecule has 16 heavy (non-hydrogen) atoms. The molecule has 1 atom stereocenters. The molecule has 1 unspecified atom stereocenters. The van der Waals surface area contributed by atoms with Crippen LogP contribution in [0.2, 0.25) is 0 Å². The predicted molar refractivity (Wildman–Crippen MR) is 64.1 cm³/mol. The largest absolute Gasteiger partial charge is 0.326 e. The highest BCUT2D eigenvalue weighted by Crippen LogP contribution is 2.08. The number of nitrogens with zero attached hydrogens (tertiary/aromatic N) is 1. The molecule has 1 fully saturated rings. The first-order valence-corrected chi connectivity index (χ1v) is 5.57. The van der Waals surface area contributed by atoms with Gasteiger partial charge in [-0.3, -0.25) is 9.69 Å². The molecule has 86 valence electrons. The summed E-state index contributed by atoms with van der Waals surface area (Å²) in [4.78, 5) is 13.8. The summed E-state index contributed by atoms with van der Waals surface area (Å²) in [6, 6.07) is 9.73. The monoisotopic (exact) mass is 219 g/mol. The lowest BCUT2D eigenvalue weighted by atomic mass is 10.3. The van der Waals surface area contributed by atoms with Gasteiger partial charge in [-0.05, 0) is 18.6 Å². The van der Waals surface area contributed by atoms with Gasteiger partial charge in [-0.15, -0.1) is 0 Å². The van der Waals surface area contributed by atoms with Gasteiger partial charge >= 0.3 is 0 Å². The van der Waals surface area contributed by atoms with Gasteiger partial charge in [-0.25, -0.2) is 0 Å². The molecule has 1 aromatic carbocycles. The Labute approximate surface area is 95.4 Å². The molecule has 0 bridgehead atoms. The molecule has 2 rings (SSSR count). The summed E-state index contributed by atoms with van der Waals surface area (Å²) in [7, 11) is 0. The van der Waals surface area contributed by atoms with Crippen LogP contribution >= 0.6 is 0 Å². The van der Waals surface area contributed by atoms with Crippen molar-refractivity contribution < 1.29 is 4.79 Å². The van der Waals surface area contributed by atoms with Gasteiger partial charge < -0.3 is 11.1 Å². The minimum absolute atomic E-state index is 0.0281. The van der Waals surface area contributed by atoms with E-state index in [1.807, 2.05) is 30.3 Å². The zero-order valence-electron chi connectivity index (χ0n) is 9.23. The molecule has 1 aliphatic rings. The van der Waals surface area contributed by atoms with E-state index in [4.69, 9.17) is 5.73 Å². The SMILES string of the molecule is NC1CCN(CC(=O)Nc2ccccc2)C1. The minimum Gasteiger partial charge on any atom is -0.326 e. The Bertz CT molecular complexity index is 353. The maximum atomic E-state index is 11.7. The Kier molecular flexibility index (Phi) is 3.54. The van der Waals surface area contributed by atoms with E-state index in [9.17, 15) is 4.79 Å². The van der Waals surface area contributed by atoms with Gasteiger partial charge in [0.1, 0.15) is 0 Å². The molecule has 4 heteroatoms.